The van der Waals surface area contributed by atoms with Gasteiger partial charge in [0.1, 0.15) is 11.0 Å². The average Bonchev–Trinajstić information content (AvgIpc) is 2.38. The normalized spacial score (nSPS) is 10.2. The third kappa shape index (κ3) is 2.58. The van der Waals surface area contributed by atoms with E-state index in [4.69, 9.17) is 11.6 Å². The zero-order valence-electron chi connectivity index (χ0n) is 9.34. The molecule has 2 aromatic rings. The molecule has 5 nitrogen and oxygen atoms in total. The second-order valence-corrected chi connectivity index (χ2v) is 3.96. The van der Waals surface area contributed by atoms with Gasteiger partial charge in [-0.2, -0.15) is 0 Å². The molecule has 0 aliphatic heterocycles. The molecule has 7 heteroatoms. The Bertz CT molecular complexity index is 676. The van der Waals surface area contributed by atoms with Crippen LogP contribution in [0.2, 0.25) is 5.15 Å². The van der Waals surface area contributed by atoms with Crippen molar-refractivity contribution >= 4 is 23.1 Å². The smallest absolute Gasteiger partial charge is 0.286 e. The van der Waals surface area contributed by atoms with E-state index in [1.165, 1.54) is 24.3 Å². The minimum absolute atomic E-state index is 0.0784. The molecular formula is C12H6ClFN2O3. The summed E-state index contributed by atoms with van der Waals surface area (Å²) in [6, 6.07) is 7.42. The lowest BCUT2D eigenvalue weighted by Gasteiger charge is -2.03. The van der Waals surface area contributed by atoms with Gasteiger partial charge in [0.2, 0.25) is 5.78 Å². The molecule has 0 atom stereocenters. The second kappa shape index (κ2) is 5.11. The standard InChI is InChI=1S/C12H6ClFN2O3/c13-10-6-5-9(16(18)19)11(15-10)12(17)7-3-1-2-4-8(7)14/h1-6H. The van der Waals surface area contributed by atoms with E-state index in [0.29, 0.717) is 0 Å². The summed E-state index contributed by atoms with van der Waals surface area (Å²) in [6.07, 6.45) is 0. The van der Waals surface area contributed by atoms with E-state index in [0.717, 1.165) is 12.1 Å². The van der Waals surface area contributed by atoms with Gasteiger partial charge in [-0.15, -0.1) is 0 Å². The lowest BCUT2D eigenvalue weighted by molar-refractivity contribution is -0.385. The van der Waals surface area contributed by atoms with Gasteiger partial charge in [-0.05, 0) is 18.2 Å². The third-order valence-electron chi connectivity index (χ3n) is 2.37. The van der Waals surface area contributed by atoms with Crippen molar-refractivity contribution in [3.63, 3.8) is 0 Å². The summed E-state index contributed by atoms with van der Waals surface area (Å²) in [5.41, 5.74) is -1.29. The highest BCUT2D eigenvalue weighted by Gasteiger charge is 2.25. The Morgan fingerprint density at radius 3 is 2.58 bits per heavy atom. The number of halogens is 2. The van der Waals surface area contributed by atoms with Gasteiger partial charge in [-0.25, -0.2) is 9.37 Å². The molecular weight excluding hydrogens is 275 g/mol. The molecule has 0 amide bonds. The van der Waals surface area contributed by atoms with Gasteiger partial charge in [-0.3, -0.25) is 14.9 Å². The van der Waals surface area contributed by atoms with Gasteiger partial charge < -0.3 is 0 Å². The molecule has 0 N–H and O–H groups in total. The van der Waals surface area contributed by atoms with E-state index in [1.807, 2.05) is 0 Å². The summed E-state index contributed by atoms with van der Waals surface area (Å²) in [7, 11) is 0. The van der Waals surface area contributed by atoms with Crippen LogP contribution in [0.15, 0.2) is 36.4 Å². The first-order valence-electron chi connectivity index (χ1n) is 5.11. The molecule has 1 aromatic heterocycles. The molecule has 0 radical (unpaired) electrons. The van der Waals surface area contributed by atoms with Crippen molar-refractivity contribution in [2.75, 3.05) is 0 Å². The summed E-state index contributed by atoms with van der Waals surface area (Å²) in [4.78, 5) is 25.8. The fourth-order valence-electron chi connectivity index (χ4n) is 1.52. The maximum Gasteiger partial charge on any atom is 0.299 e. The van der Waals surface area contributed by atoms with E-state index >= 15 is 0 Å². The second-order valence-electron chi connectivity index (χ2n) is 3.57. The molecule has 0 aliphatic rings. The molecule has 0 bridgehead atoms. The number of hydrogen-bond donors (Lipinski definition) is 0. The van der Waals surface area contributed by atoms with Crippen LogP contribution in [-0.4, -0.2) is 15.7 Å². The Morgan fingerprint density at radius 1 is 1.26 bits per heavy atom. The number of ketones is 1. The van der Waals surface area contributed by atoms with Gasteiger partial charge in [0, 0.05) is 6.07 Å². The molecule has 96 valence electrons. The molecule has 1 aromatic carbocycles. The number of carbonyl (C=O) groups is 1. The van der Waals surface area contributed by atoms with Crippen LogP contribution >= 0.6 is 11.6 Å². The van der Waals surface area contributed by atoms with Crippen LogP contribution in [0.5, 0.6) is 0 Å². The van der Waals surface area contributed by atoms with Crippen LogP contribution in [0.1, 0.15) is 16.1 Å². The summed E-state index contributed by atoms with van der Waals surface area (Å²) in [6.45, 7) is 0. The number of rotatable bonds is 3. The minimum atomic E-state index is -0.882. The molecule has 2 rings (SSSR count). The van der Waals surface area contributed by atoms with Gasteiger partial charge >= 0.3 is 0 Å². The number of nitrogens with zero attached hydrogens (tertiary/aromatic N) is 2. The highest BCUT2D eigenvalue weighted by Crippen LogP contribution is 2.23. The van der Waals surface area contributed by atoms with E-state index in [9.17, 15) is 19.3 Å². The quantitative estimate of drug-likeness (QED) is 0.375. The first-order valence-corrected chi connectivity index (χ1v) is 5.48. The fraction of sp³-hybridized carbons (Fsp3) is 0. The number of aromatic nitrogens is 1. The Hall–Kier alpha value is -2.34. The summed E-state index contributed by atoms with van der Waals surface area (Å²) < 4.78 is 13.5. The molecule has 1 heterocycles. The predicted molar refractivity (Wildman–Crippen MR) is 65.7 cm³/mol. The molecule has 0 unspecified atom stereocenters. The predicted octanol–water partition coefficient (Wildman–Crippen LogP) is 3.01. The van der Waals surface area contributed by atoms with E-state index in [1.54, 1.807) is 0 Å². The van der Waals surface area contributed by atoms with Crippen LogP contribution < -0.4 is 0 Å². The van der Waals surface area contributed by atoms with Gasteiger partial charge in [0.15, 0.2) is 5.69 Å². The van der Waals surface area contributed by atoms with E-state index in [-0.39, 0.29) is 10.7 Å². The molecule has 0 spiro atoms. The summed E-state index contributed by atoms with van der Waals surface area (Å²) in [5.74, 6) is -1.66. The van der Waals surface area contributed by atoms with Crippen molar-refractivity contribution in [3.05, 3.63) is 68.7 Å². The number of pyridine rings is 1. The SMILES string of the molecule is O=C(c1ccccc1F)c1nc(Cl)ccc1[N+](=O)[O-]. The van der Waals surface area contributed by atoms with Crippen LogP contribution in [0, 0.1) is 15.9 Å². The Balaban J connectivity index is 2.59. The van der Waals surface area contributed by atoms with Crippen LogP contribution in [0.25, 0.3) is 0 Å². The molecule has 19 heavy (non-hydrogen) atoms. The zero-order valence-corrected chi connectivity index (χ0v) is 10.1. The topological polar surface area (TPSA) is 73.1 Å². The first-order chi connectivity index (χ1) is 9.00. The average molecular weight is 281 g/mol. The summed E-state index contributed by atoms with van der Waals surface area (Å²) >= 11 is 5.61. The maximum atomic E-state index is 13.5. The van der Waals surface area contributed by atoms with E-state index < -0.39 is 27.9 Å². The van der Waals surface area contributed by atoms with Gasteiger partial charge in [0.25, 0.3) is 5.69 Å². The molecule has 0 aliphatic carbocycles. The van der Waals surface area contributed by atoms with Crippen molar-refractivity contribution in [3.8, 4) is 0 Å². The zero-order chi connectivity index (χ0) is 14.0. The van der Waals surface area contributed by atoms with E-state index in [2.05, 4.69) is 4.98 Å². The Kier molecular flexibility index (Phi) is 3.52. The lowest BCUT2D eigenvalue weighted by Crippen LogP contribution is -2.10. The van der Waals surface area contributed by atoms with Crippen molar-refractivity contribution < 1.29 is 14.1 Å². The monoisotopic (exact) mass is 280 g/mol. The maximum absolute atomic E-state index is 13.5. The minimum Gasteiger partial charge on any atom is -0.286 e. The Labute approximate surface area is 111 Å². The number of benzene rings is 1. The van der Waals surface area contributed by atoms with Gasteiger partial charge in [-0.1, -0.05) is 23.7 Å². The Morgan fingerprint density at radius 2 is 1.95 bits per heavy atom. The van der Waals surface area contributed by atoms with Gasteiger partial charge in [0.05, 0.1) is 10.5 Å². The number of nitro groups is 1. The largest absolute Gasteiger partial charge is 0.299 e. The van der Waals surface area contributed by atoms with Crippen molar-refractivity contribution in [2.45, 2.75) is 0 Å². The van der Waals surface area contributed by atoms with Crippen molar-refractivity contribution in [1.29, 1.82) is 0 Å². The fourth-order valence-corrected chi connectivity index (χ4v) is 1.66. The highest BCUT2D eigenvalue weighted by atomic mass is 35.5. The lowest BCUT2D eigenvalue weighted by atomic mass is 10.1. The van der Waals surface area contributed by atoms with Crippen LogP contribution in [0.4, 0.5) is 10.1 Å². The van der Waals surface area contributed by atoms with Crippen molar-refractivity contribution in [2.24, 2.45) is 0 Å². The first kappa shape index (κ1) is 13.1. The number of hydrogen-bond acceptors (Lipinski definition) is 4. The third-order valence-corrected chi connectivity index (χ3v) is 2.58. The van der Waals surface area contributed by atoms with Crippen molar-refractivity contribution in [1.82, 2.24) is 4.98 Å². The molecule has 0 fully saturated rings. The summed E-state index contributed by atoms with van der Waals surface area (Å²) in [5, 5.41) is 10.8. The van der Waals surface area contributed by atoms with Crippen LogP contribution in [-0.2, 0) is 0 Å². The highest BCUT2D eigenvalue weighted by molar-refractivity contribution is 6.29. The molecule has 0 saturated heterocycles. The number of carbonyl (C=O) groups excluding carboxylic acids is 1. The molecule has 0 saturated carbocycles. The van der Waals surface area contributed by atoms with Crippen LogP contribution in [0.3, 0.4) is 0 Å².